The minimum absolute atomic E-state index is 0.00731. The van der Waals surface area contributed by atoms with Gasteiger partial charge in [-0.15, -0.1) is 0 Å². The standard InChI is InChI=1S/C12H12N4O4S/c1-21(19,20)9-4-2-8(3-5-9)14-12-10(16(17)18)6-7-11(13)15-12/h2-7H,1H3,(H3,13,14,15). The van der Waals surface area contributed by atoms with Gasteiger partial charge in [0.05, 0.1) is 9.82 Å². The third-order valence-electron chi connectivity index (χ3n) is 2.64. The molecule has 0 spiro atoms. The molecule has 0 saturated carbocycles. The summed E-state index contributed by atoms with van der Waals surface area (Å²) in [6.45, 7) is 0. The molecule has 3 N–H and O–H groups in total. The van der Waals surface area contributed by atoms with Gasteiger partial charge in [0.1, 0.15) is 5.82 Å². The maximum atomic E-state index is 11.4. The Bertz CT molecular complexity index is 787. The van der Waals surface area contributed by atoms with E-state index in [0.717, 1.165) is 6.26 Å². The molecule has 0 radical (unpaired) electrons. The van der Waals surface area contributed by atoms with Crippen LogP contribution in [0.15, 0.2) is 41.3 Å². The minimum atomic E-state index is -3.29. The Hall–Kier alpha value is -2.68. The highest BCUT2D eigenvalue weighted by atomic mass is 32.2. The van der Waals surface area contributed by atoms with Crippen LogP contribution in [-0.2, 0) is 9.84 Å². The zero-order valence-electron chi connectivity index (χ0n) is 11.0. The summed E-state index contributed by atoms with van der Waals surface area (Å²) in [6.07, 6.45) is 1.10. The molecule has 0 unspecified atom stereocenters. The molecule has 1 heterocycles. The molecule has 0 amide bonds. The van der Waals surface area contributed by atoms with Gasteiger partial charge in [0, 0.05) is 18.0 Å². The number of pyridine rings is 1. The van der Waals surface area contributed by atoms with Crippen molar-refractivity contribution in [1.29, 1.82) is 0 Å². The van der Waals surface area contributed by atoms with Crippen molar-refractivity contribution in [2.75, 3.05) is 17.3 Å². The number of nitrogen functional groups attached to an aromatic ring is 1. The summed E-state index contributed by atoms with van der Waals surface area (Å²) < 4.78 is 22.7. The predicted molar refractivity (Wildman–Crippen MR) is 78.1 cm³/mol. The van der Waals surface area contributed by atoms with Crippen LogP contribution in [0.5, 0.6) is 0 Å². The van der Waals surface area contributed by atoms with Crippen molar-refractivity contribution in [1.82, 2.24) is 4.98 Å². The summed E-state index contributed by atoms with van der Waals surface area (Å²) in [4.78, 5) is 14.4. The average molecular weight is 308 g/mol. The number of aromatic nitrogens is 1. The van der Waals surface area contributed by atoms with Gasteiger partial charge >= 0.3 is 5.69 Å². The van der Waals surface area contributed by atoms with Gasteiger partial charge in [-0.2, -0.15) is 0 Å². The van der Waals surface area contributed by atoms with E-state index in [-0.39, 0.29) is 22.2 Å². The molecule has 2 rings (SSSR count). The second kappa shape index (κ2) is 5.37. The number of hydrogen-bond donors (Lipinski definition) is 2. The molecule has 9 heteroatoms. The van der Waals surface area contributed by atoms with Crippen LogP contribution in [0.25, 0.3) is 0 Å². The Morgan fingerprint density at radius 3 is 2.33 bits per heavy atom. The Morgan fingerprint density at radius 2 is 1.81 bits per heavy atom. The van der Waals surface area contributed by atoms with Gasteiger partial charge in [-0.3, -0.25) is 10.1 Å². The Balaban J connectivity index is 2.34. The second-order valence-corrected chi connectivity index (χ2v) is 6.30. The van der Waals surface area contributed by atoms with E-state index in [1.54, 1.807) is 0 Å². The highest BCUT2D eigenvalue weighted by Crippen LogP contribution is 2.26. The lowest BCUT2D eigenvalue weighted by atomic mass is 10.3. The summed E-state index contributed by atoms with van der Waals surface area (Å²) in [7, 11) is -3.29. The number of anilines is 3. The van der Waals surface area contributed by atoms with Crippen LogP contribution < -0.4 is 11.1 Å². The number of nitrogens with two attached hydrogens (primary N) is 1. The van der Waals surface area contributed by atoms with E-state index in [2.05, 4.69) is 10.3 Å². The van der Waals surface area contributed by atoms with E-state index >= 15 is 0 Å². The van der Waals surface area contributed by atoms with Crippen LogP contribution >= 0.6 is 0 Å². The molecule has 1 aromatic carbocycles. The lowest BCUT2D eigenvalue weighted by Gasteiger charge is -2.07. The van der Waals surface area contributed by atoms with Crippen molar-refractivity contribution >= 4 is 32.8 Å². The predicted octanol–water partition coefficient (Wildman–Crippen LogP) is 1.72. The highest BCUT2D eigenvalue weighted by Gasteiger charge is 2.16. The largest absolute Gasteiger partial charge is 0.384 e. The molecule has 2 aromatic rings. The Kier molecular flexibility index (Phi) is 3.76. The van der Waals surface area contributed by atoms with E-state index in [9.17, 15) is 18.5 Å². The fourth-order valence-electron chi connectivity index (χ4n) is 1.63. The molecule has 1 aromatic heterocycles. The zero-order chi connectivity index (χ0) is 15.6. The normalized spacial score (nSPS) is 11.1. The fourth-order valence-corrected chi connectivity index (χ4v) is 2.26. The molecule has 8 nitrogen and oxygen atoms in total. The summed E-state index contributed by atoms with van der Waals surface area (Å²) in [5.41, 5.74) is 5.75. The molecule has 110 valence electrons. The topological polar surface area (TPSA) is 128 Å². The smallest absolute Gasteiger partial charge is 0.311 e. The van der Waals surface area contributed by atoms with Gasteiger partial charge in [0.2, 0.25) is 5.82 Å². The summed E-state index contributed by atoms with van der Waals surface area (Å²) in [6, 6.07) is 8.35. The molecule has 21 heavy (non-hydrogen) atoms. The number of benzene rings is 1. The summed E-state index contributed by atoms with van der Waals surface area (Å²) in [5, 5.41) is 13.7. The SMILES string of the molecule is CS(=O)(=O)c1ccc(Nc2nc(N)ccc2[N+](=O)[O-])cc1. The number of nitrogens with zero attached hydrogens (tertiary/aromatic N) is 2. The number of nitro groups is 1. The fraction of sp³-hybridized carbons (Fsp3) is 0.0833. The molecule has 0 aliphatic rings. The third-order valence-corrected chi connectivity index (χ3v) is 3.77. The molecular formula is C12H12N4O4S. The van der Waals surface area contributed by atoms with E-state index in [4.69, 9.17) is 5.73 Å². The van der Waals surface area contributed by atoms with Crippen LogP contribution in [0.3, 0.4) is 0 Å². The van der Waals surface area contributed by atoms with E-state index in [1.165, 1.54) is 36.4 Å². The van der Waals surface area contributed by atoms with Crippen molar-refractivity contribution in [2.24, 2.45) is 0 Å². The maximum Gasteiger partial charge on any atom is 0.311 e. The lowest BCUT2D eigenvalue weighted by Crippen LogP contribution is -2.02. The van der Waals surface area contributed by atoms with E-state index in [0.29, 0.717) is 5.69 Å². The number of nitrogens with one attached hydrogen (secondary N) is 1. The first-order chi connectivity index (χ1) is 9.77. The third kappa shape index (κ3) is 3.45. The summed E-state index contributed by atoms with van der Waals surface area (Å²) in [5.74, 6) is 0.128. The van der Waals surface area contributed by atoms with E-state index in [1.807, 2.05) is 0 Å². The van der Waals surface area contributed by atoms with Crippen molar-refractivity contribution in [2.45, 2.75) is 4.90 Å². The number of rotatable bonds is 4. The second-order valence-electron chi connectivity index (χ2n) is 4.28. The van der Waals surface area contributed by atoms with Gasteiger partial charge in [-0.1, -0.05) is 0 Å². The van der Waals surface area contributed by atoms with Crippen LogP contribution in [0, 0.1) is 10.1 Å². The number of hydrogen-bond acceptors (Lipinski definition) is 7. The minimum Gasteiger partial charge on any atom is -0.384 e. The van der Waals surface area contributed by atoms with Crippen molar-refractivity contribution in [3.05, 3.63) is 46.5 Å². The van der Waals surface area contributed by atoms with Crippen LogP contribution in [0.4, 0.5) is 23.0 Å². The van der Waals surface area contributed by atoms with Gasteiger partial charge in [0.15, 0.2) is 9.84 Å². The maximum absolute atomic E-state index is 11.4. The van der Waals surface area contributed by atoms with Crippen LogP contribution in [0.2, 0.25) is 0 Å². The van der Waals surface area contributed by atoms with Gasteiger partial charge < -0.3 is 11.1 Å². The molecule has 0 atom stereocenters. The van der Waals surface area contributed by atoms with Crippen LogP contribution in [-0.4, -0.2) is 24.6 Å². The lowest BCUT2D eigenvalue weighted by molar-refractivity contribution is -0.384. The highest BCUT2D eigenvalue weighted by molar-refractivity contribution is 7.90. The molecule has 0 saturated heterocycles. The quantitative estimate of drug-likeness (QED) is 0.650. The molecule has 0 bridgehead atoms. The van der Waals surface area contributed by atoms with E-state index < -0.39 is 14.8 Å². The van der Waals surface area contributed by atoms with Crippen LogP contribution in [0.1, 0.15) is 0 Å². The Labute approximate surface area is 120 Å². The zero-order valence-corrected chi connectivity index (χ0v) is 11.8. The van der Waals surface area contributed by atoms with Crippen molar-refractivity contribution in [3.63, 3.8) is 0 Å². The van der Waals surface area contributed by atoms with Crippen molar-refractivity contribution in [3.8, 4) is 0 Å². The summed E-state index contributed by atoms with van der Waals surface area (Å²) >= 11 is 0. The monoisotopic (exact) mass is 308 g/mol. The Morgan fingerprint density at radius 1 is 1.19 bits per heavy atom. The van der Waals surface area contributed by atoms with Gasteiger partial charge in [-0.05, 0) is 30.3 Å². The van der Waals surface area contributed by atoms with Gasteiger partial charge in [-0.25, -0.2) is 13.4 Å². The van der Waals surface area contributed by atoms with Crippen molar-refractivity contribution < 1.29 is 13.3 Å². The molecular weight excluding hydrogens is 296 g/mol. The number of sulfone groups is 1. The molecule has 0 aliphatic heterocycles. The first-order valence-electron chi connectivity index (χ1n) is 5.75. The molecule has 0 aliphatic carbocycles. The molecule has 0 fully saturated rings. The average Bonchev–Trinajstić information content (AvgIpc) is 2.38. The first-order valence-corrected chi connectivity index (χ1v) is 7.64. The first kappa shape index (κ1) is 14.7. The van der Waals surface area contributed by atoms with Gasteiger partial charge in [0.25, 0.3) is 0 Å².